The number of hydrogen-bond acceptors (Lipinski definition) is 4. The average molecular weight is 559 g/mol. The van der Waals surface area contributed by atoms with Crippen molar-refractivity contribution in [3.05, 3.63) is 111 Å². The molecule has 0 unspecified atom stereocenters. The Kier molecular flexibility index (Phi) is 8.04. The van der Waals surface area contributed by atoms with E-state index in [2.05, 4.69) is 27.8 Å². The second-order valence-electron chi connectivity index (χ2n) is 8.74. The van der Waals surface area contributed by atoms with Crippen LogP contribution < -0.4 is 15.0 Å². The zero-order chi connectivity index (χ0) is 26.5. The Morgan fingerprint density at radius 3 is 2.32 bits per heavy atom. The van der Waals surface area contributed by atoms with Gasteiger partial charge in [-0.2, -0.15) is 0 Å². The number of amides is 4. The van der Waals surface area contributed by atoms with Crippen molar-refractivity contribution >= 4 is 45.5 Å². The van der Waals surface area contributed by atoms with E-state index in [4.69, 9.17) is 4.74 Å². The lowest BCUT2D eigenvalue weighted by Gasteiger charge is -2.26. The molecular formula is C30H27BrN2O4. The Balaban J connectivity index is 1.64. The van der Waals surface area contributed by atoms with Crippen LogP contribution in [0, 0.1) is 6.92 Å². The molecule has 7 heteroatoms. The van der Waals surface area contributed by atoms with E-state index in [-0.39, 0.29) is 5.57 Å². The van der Waals surface area contributed by atoms with Crippen LogP contribution >= 0.6 is 15.9 Å². The predicted molar refractivity (Wildman–Crippen MR) is 148 cm³/mol. The molecule has 0 radical (unpaired) electrons. The molecule has 3 aromatic rings. The average Bonchev–Trinajstić information content (AvgIpc) is 2.87. The highest BCUT2D eigenvalue weighted by atomic mass is 79.9. The van der Waals surface area contributed by atoms with Crippen LogP contribution in [-0.2, 0) is 29.0 Å². The number of aryl methyl sites for hydroxylation is 2. The number of benzene rings is 3. The van der Waals surface area contributed by atoms with Gasteiger partial charge in [0.15, 0.2) is 0 Å². The number of urea groups is 1. The lowest BCUT2D eigenvalue weighted by Crippen LogP contribution is -2.54. The van der Waals surface area contributed by atoms with Gasteiger partial charge in [-0.25, -0.2) is 9.69 Å². The first-order valence-electron chi connectivity index (χ1n) is 11.9. The molecule has 0 saturated carbocycles. The van der Waals surface area contributed by atoms with Gasteiger partial charge < -0.3 is 4.74 Å². The van der Waals surface area contributed by atoms with Crippen LogP contribution in [0.1, 0.15) is 34.7 Å². The van der Waals surface area contributed by atoms with E-state index in [9.17, 15) is 14.4 Å². The van der Waals surface area contributed by atoms with Crippen molar-refractivity contribution in [3.8, 4) is 5.75 Å². The fraction of sp³-hybridized carbons (Fsp3) is 0.167. The van der Waals surface area contributed by atoms with Crippen molar-refractivity contribution in [2.45, 2.75) is 33.3 Å². The van der Waals surface area contributed by atoms with Crippen LogP contribution in [-0.4, -0.2) is 17.8 Å². The Hall–Kier alpha value is -3.97. The molecule has 1 heterocycles. The first-order chi connectivity index (χ1) is 17.8. The molecule has 1 aliphatic rings. The number of carbonyl (C=O) groups excluding carboxylic acids is 3. The summed E-state index contributed by atoms with van der Waals surface area (Å²) in [6.45, 7) is 8.28. The minimum Gasteiger partial charge on any atom is -0.487 e. The summed E-state index contributed by atoms with van der Waals surface area (Å²) in [5.41, 5.74) is 5.00. The van der Waals surface area contributed by atoms with Crippen molar-refractivity contribution in [3.63, 3.8) is 0 Å². The number of nitrogens with zero attached hydrogens (tertiary/aromatic N) is 1. The fourth-order valence-electron chi connectivity index (χ4n) is 4.00. The van der Waals surface area contributed by atoms with Crippen molar-refractivity contribution in [2.24, 2.45) is 0 Å². The van der Waals surface area contributed by atoms with Crippen LogP contribution in [0.25, 0.3) is 6.08 Å². The van der Waals surface area contributed by atoms with E-state index < -0.39 is 17.8 Å². The van der Waals surface area contributed by atoms with Crippen molar-refractivity contribution in [2.75, 3.05) is 4.90 Å². The third-order valence-electron chi connectivity index (χ3n) is 6.03. The SMILES string of the molecule is C=CCc1cc(/C=C2/C(=O)NC(=O)N(c3ccc(CC)cc3)C2=O)cc(Br)c1OCc1ccc(C)cc1. The van der Waals surface area contributed by atoms with Crippen molar-refractivity contribution in [1.29, 1.82) is 0 Å². The Bertz CT molecular complexity index is 1390. The van der Waals surface area contributed by atoms with Crippen molar-refractivity contribution in [1.82, 2.24) is 5.32 Å². The van der Waals surface area contributed by atoms with Gasteiger partial charge in [0.2, 0.25) is 0 Å². The molecule has 3 aromatic carbocycles. The van der Waals surface area contributed by atoms with Crippen LogP contribution in [0.3, 0.4) is 0 Å². The molecule has 0 bridgehead atoms. The number of barbiturate groups is 1. The zero-order valence-corrected chi connectivity index (χ0v) is 22.3. The Morgan fingerprint density at radius 1 is 1.00 bits per heavy atom. The molecule has 6 nitrogen and oxygen atoms in total. The number of carbonyl (C=O) groups is 3. The molecule has 4 amide bonds. The van der Waals surface area contributed by atoms with Gasteiger partial charge >= 0.3 is 6.03 Å². The molecule has 37 heavy (non-hydrogen) atoms. The van der Waals surface area contributed by atoms with E-state index in [1.54, 1.807) is 24.3 Å². The van der Waals surface area contributed by atoms with Gasteiger partial charge in [0.25, 0.3) is 11.8 Å². The summed E-state index contributed by atoms with van der Waals surface area (Å²) >= 11 is 3.58. The first kappa shape index (κ1) is 26.1. The molecule has 0 atom stereocenters. The topological polar surface area (TPSA) is 75.7 Å². The van der Waals surface area contributed by atoms with E-state index in [0.717, 1.165) is 28.0 Å². The first-order valence-corrected chi connectivity index (χ1v) is 12.7. The molecule has 0 aliphatic carbocycles. The normalized spacial score (nSPS) is 14.6. The molecule has 0 aromatic heterocycles. The maximum atomic E-state index is 13.3. The van der Waals surface area contributed by atoms with E-state index in [0.29, 0.717) is 34.5 Å². The maximum Gasteiger partial charge on any atom is 0.335 e. The van der Waals surface area contributed by atoms with E-state index in [1.807, 2.05) is 56.3 Å². The number of rotatable bonds is 8. The van der Waals surface area contributed by atoms with Crippen LogP contribution in [0.5, 0.6) is 5.75 Å². The lowest BCUT2D eigenvalue weighted by molar-refractivity contribution is -0.122. The summed E-state index contributed by atoms with van der Waals surface area (Å²) in [4.78, 5) is 39.4. The minimum atomic E-state index is -0.773. The molecule has 1 N–H and O–H groups in total. The summed E-state index contributed by atoms with van der Waals surface area (Å²) in [7, 11) is 0. The third kappa shape index (κ3) is 5.89. The third-order valence-corrected chi connectivity index (χ3v) is 6.62. The number of ether oxygens (including phenoxy) is 1. The van der Waals surface area contributed by atoms with Gasteiger partial charge in [0.1, 0.15) is 17.9 Å². The summed E-state index contributed by atoms with van der Waals surface area (Å²) in [5, 5.41) is 2.27. The number of nitrogens with one attached hydrogen (secondary N) is 1. The number of anilines is 1. The number of hydrogen-bond donors (Lipinski definition) is 1. The lowest BCUT2D eigenvalue weighted by atomic mass is 10.0. The smallest absolute Gasteiger partial charge is 0.335 e. The molecule has 1 aliphatic heterocycles. The number of halogens is 1. The van der Waals surface area contributed by atoms with Gasteiger partial charge in [-0.3, -0.25) is 14.9 Å². The predicted octanol–water partition coefficient (Wildman–Crippen LogP) is 6.29. The molecule has 4 rings (SSSR count). The number of imide groups is 2. The summed E-state index contributed by atoms with van der Waals surface area (Å²) in [6, 6.07) is 18.1. The highest BCUT2D eigenvalue weighted by molar-refractivity contribution is 9.10. The van der Waals surface area contributed by atoms with Crippen LogP contribution in [0.15, 0.2) is 83.4 Å². The maximum absolute atomic E-state index is 13.3. The fourth-order valence-corrected chi connectivity index (χ4v) is 4.64. The molecule has 1 fully saturated rings. The summed E-state index contributed by atoms with van der Waals surface area (Å²) < 4.78 is 6.81. The number of allylic oxidation sites excluding steroid dienone is 1. The molecular weight excluding hydrogens is 532 g/mol. The van der Waals surface area contributed by atoms with E-state index >= 15 is 0 Å². The summed E-state index contributed by atoms with van der Waals surface area (Å²) in [6.07, 6.45) is 4.60. The van der Waals surface area contributed by atoms with Gasteiger partial charge in [0.05, 0.1) is 10.2 Å². The zero-order valence-electron chi connectivity index (χ0n) is 20.7. The Labute approximate surface area is 224 Å². The Morgan fingerprint density at radius 2 is 1.68 bits per heavy atom. The highest BCUT2D eigenvalue weighted by Crippen LogP contribution is 2.33. The van der Waals surface area contributed by atoms with Crippen LogP contribution in [0.2, 0.25) is 0 Å². The quantitative estimate of drug-likeness (QED) is 0.200. The van der Waals surface area contributed by atoms with Crippen LogP contribution in [0.4, 0.5) is 10.5 Å². The van der Waals surface area contributed by atoms with Gasteiger partial charge in [-0.15, -0.1) is 6.58 Å². The summed E-state index contributed by atoms with van der Waals surface area (Å²) in [5.74, 6) is -0.758. The molecule has 188 valence electrons. The van der Waals surface area contributed by atoms with Crippen molar-refractivity contribution < 1.29 is 19.1 Å². The highest BCUT2D eigenvalue weighted by Gasteiger charge is 2.36. The largest absolute Gasteiger partial charge is 0.487 e. The monoisotopic (exact) mass is 558 g/mol. The van der Waals surface area contributed by atoms with Gasteiger partial charge in [-0.05, 0) is 88.3 Å². The second kappa shape index (κ2) is 11.4. The molecule has 1 saturated heterocycles. The standard InChI is InChI=1S/C30H27BrN2O4/c1-4-6-23-15-22(17-26(31)27(23)37-18-21-9-7-19(3)8-10-21)16-25-28(34)32-30(36)33(29(25)35)24-13-11-20(5-2)12-14-24/h4,7-17H,1,5-6,18H2,2-3H3,(H,32,34,36)/b25-16-. The van der Waals surface area contributed by atoms with E-state index in [1.165, 1.54) is 11.6 Å². The van der Waals surface area contributed by atoms with Gasteiger partial charge in [-0.1, -0.05) is 55.0 Å². The minimum absolute atomic E-state index is 0.135. The van der Waals surface area contributed by atoms with Gasteiger partial charge in [0, 0.05) is 0 Å². The molecule has 0 spiro atoms. The second-order valence-corrected chi connectivity index (χ2v) is 9.59.